The van der Waals surface area contributed by atoms with Crippen molar-refractivity contribution in [3.63, 3.8) is 0 Å². The molecule has 0 bridgehead atoms. The number of benzene rings is 2. The van der Waals surface area contributed by atoms with Gasteiger partial charge in [-0.05, 0) is 36.6 Å². The summed E-state index contributed by atoms with van der Waals surface area (Å²) in [5, 5.41) is 3.94. The first-order valence-electron chi connectivity index (χ1n) is 9.10. The SMILES string of the molecule is COc1ccc(CCNC(=O)c2sc(Cc3ccccc3)nc2C)cc1OC. The summed E-state index contributed by atoms with van der Waals surface area (Å²) in [6.07, 6.45) is 1.45. The fourth-order valence-corrected chi connectivity index (χ4v) is 3.96. The lowest BCUT2D eigenvalue weighted by atomic mass is 10.1. The molecule has 0 aliphatic carbocycles. The second-order valence-electron chi connectivity index (χ2n) is 6.38. The van der Waals surface area contributed by atoms with Gasteiger partial charge in [0.1, 0.15) is 4.88 Å². The van der Waals surface area contributed by atoms with Gasteiger partial charge in [0.05, 0.1) is 24.9 Å². The van der Waals surface area contributed by atoms with Gasteiger partial charge in [0, 0.05) is 13.0 Å². The van der Waals surface area contributed by atoms with Gasteiger partial charge in [-0.15, -0.1) is 11.3 Å². The maximum atomic E-state index is 12.6. The van der Waals surface area contributed by atoms with Crippen molar-refractivity contribution >= 4 is 17.2 Å². The monoisotopic (exact) mass is 396 g/mol. The standard InChI is InChI=1S/C22H24N2O3S/c1-15-21(28-20(24-15)14-16-7-5-4-6-8-16)22(25)23-12-11-17-9-10-18(26-2)19(13-17)27-3/h4-10,13H,11-12,14H2,1-3H3,(H,23,25). The first-order chi connectivity index (χ1) is 13.6. The van der Waals surface area contributed by atoms with Crippen LogP contribution in [0.3, 0.4) is 0 Å². The number of thiazole rings is 1. The average molecular weight is 397 g/mol. The summed E-state index contributed by atoms with van der Waals surface area (Å²) in [7, 11) is 3.23. The highest BCUT2D eigenvalue weighted by molar-refractivity contribution is 7.13. The van der Waals surface area contributed by atoms with Crippen LogP contribution in [0, 0.1) is 6.92 Å². The minimum Gasteiger partial charge on any atom is -0.493 e. The van der Waals surface area contributed by atoms with E-state index in [4.69, 9.17) is 9.47 Å². The number of aromatic nitrogens is 1. The van der Waals surface area contributed by atoms with Crippen LogP contribution in [-0.4, -0.2) is 31.7 Å². The number of ether oxygens (including phenoxy) is 2. The van der Waals surface area contributed by atoms with Crippen LogP contribution in [-0.2, 0) is 12.8 Å². The van der Waals surface area contributed by atoms with Crippen molar-refractivity contribution < 1.29 is 14.3 Å². The minimum atomic E-state index is -0.0743. The summed E-state index contributed by atoms with van der Waals surface area (Å²) in [6.45, 7) is 2.42. The van der Waals surface area contributed by atoms with E-state index in [-0.39, 0.29) is 5.91 Å². The van der Waals surface area contributed by atoms with Crippen molar-refractivity contribution in [2.45, 2.75) is 19.8 Å². The van der Waals surface area contributed by atoms with Crippen molar-refractivity contribution in [3.8, 4) is 11.5 Å². The van der Waals surface area contributed by atoms with Crippen LogP contribution in [0.1, 0.15) is 31.5 Å². The summed E-state index contributed by atoms with van der Waals surface area (Å²) >= 11 is 1.46. The lowest BCUT2D eigenvalue weighted by Gasteiger charge is -2.10. The smallest absolute Gasteiger partial charge is 0.263 e. The van der Waals surface area contributed by atoms with Crippen LogP contribution in [0.4, 0.5) is 0 Å². The summed E-state index contributed by atoms with van der Waals surface area (Å²) < 4.78 is 10.6. The highest BCUT2D eigenvalue weighted by Gasteiger charge is 2.15. The van der Waals surface area contributed by atoms with E-state index in [0.29, 0.717) is 29.3 Å². The van der Waals surface area contributed by atoms with Gasteiger partial charge in [-0.1, -0.05) is 36.4 Å². The molecule has 0 unspecified atom stereocenters. The first-order valence-corrected chi connectivity index (χ1v) is 9.91. The van der Waals surface area contributed by atoms with Crippen molar-refractivity contribution in [1.82, 2.24) is 10.3 Å². The fourth-order valence-electron chi connectivity index (χ4n) is 2.95. The Balaban J connectivity index is 1.58. The average Bonchev–Trinajstić information content (AvgIpc) is 3.08. The van der Waals surface area contributed by atoms with Gasteiger partial charge >= 0.3 is 0 Å². The van der Waals surface area contributed by atoms with Crippen LogP contribution in [0.25, 0.3) is 0 Å². The Hall–Kier alpha value is -2.86. The van der Waals surface area contributed by atoms with E-state index in [0.717, 1.165) is 22.7 Å². The topological polar surface area (TPSA) is 60.5 Å². The predicted octanol–water partition coefficient (Wildman–Crippen LogP) is 4.03. The molecule has 2 aromatic carbocycles. The van der Waals surface area contributed by atoms with Crippen LogP contribution in [0.5, 0.6) is 11.5 Å². The number of methoxy groups -OCH3 is 2. The van der Waals surface area contributed by atoms with Gasteiger partial charge in [-0.2, -0.15) is 0 Å². The van der Waals surface area contributed by atoms with Gasteiger partial charge in [-0.3, -0.25) is 4.79 Å². The first kappa shape index (κ1) is 19.9. The van der Waals surface area contributed by atoms with E-state index < -0.39 is 0 Å². The second-order valence-corrected chi connectivity index (χ2v) is 7.46. The molecule has 1 amide bonds. The third-order valence-corrected chi connectivity index (χ3v) is 5.55. The molecule has 0 saturated heterocycles. The van der Waals surface area contributed by atoms with E-state index in [1.807, 2.05) is 43.3 Å². The van der Waals surface area contributed by atoms with Gasteiger partial charge < -0.3 is 14.8 Å². The molecule has 3 rings (SSSR count). The van der Waals surface area contributed by atoms with Crippen molar-refractivity contribution in [1.29, 1.82) is 0 Å². The Labute approximate surface area is 169 Å². The maximum absolute atomic E-state index is 12.6. The number of aryl methyl sites for hydroxylation is 1. The number of hydrogen-bond donors (Lipinski definition) is 1. The zero-order chi connectivity index (χ0) is 19.9. The molecular formula is C22H24N2O3S. The largest absolute Gasteiger partial charge is 0.493 e. The molecule has 3 aromatic rings. The molecule has 1 heterocycles. The van der Waals surface area contributed by atoms with Gasteiger partial charge in [0.15, 0.2) is 11.5 Å². The van der Waals surface area contributed by atoms with Crippen LogP contribution < -0.4 is 14.8 Å². The molecule has 28 heavy (non-hydrogen) atoms. The van der Waals surface area contributed by atoms with Crippen LogP contribution in [0.2, 0.25) is 0 Å². The maximum Gasteiger partial charge on any atom is 0.263 e. The van der Waals surface area contributed by atoms with Gasteiger partial charge in [0.2, 0.25) is 0 Å². The lowest BCUT2D eigenvalue weighted by molar-refractivity contribution is 0.0957. The Kier molecular flexibility index (Phi) is 6.66. The Morgan fingerprint density at radius 3 is 2.50 bits per heavy atom. The number of nitrogens with one attached hydrogen (secondary N) is 1. The summed E-state index contributed by atoms with van der Waals surface area (Å²) in [4.78, 5) is 17.8. The zero-order valence-electron chi connectivity index (χ0n) is 16.3. The second kappa shape index (κ2) is 9.37. The number of amides is 1. The molecule has 0 aliphatic rings. The highest BCUT2D eigenvalue weighted by Crippen LogP contribution is 2.27. The highest BCUT2D eigenvalue weighted by atomic mass is 32.1. The number of rotatable bonds is 8. The third kappa shape index (κ3) is 4.89. The molecule has 1 aromatic heterocycles. The van der Waals surface area contributed by atoms with E-state index in [2.05, 4.69) is 22.4 Å². The van der Waals surface area contributed by atoms with Crippen molar-refractivity contribution in [3.05, 3.63) is 75.2 Å². The molecule has 0 spiro atoms. The molecule has 0 fully saturated rings. The summed E-state index contributed by atoms with van der Waals surface area (Å²) in [5.74, 6) is 1.31. The molecule has 0 atom stereocenters. The summed E-state index contributed by atoms with van der Waals surface area (Å²) in [6, 6.07) is 15.9. The number of carbonyl (C=O) groups excluding carboxylic acids is 1. The van der Waals surface area contributed by atoms with Crippen LogP contribution in [0.15, 0.2) is 48.5 Å². The normalized spacial score (nSPS) is 10.5. The Morgan fingerprint density at radius 1 is 1.04 bits per heavy atom. The Bertz CT molecular complexity index is 938. The van der Waals surface area contributed by atoms with Crippen LogP contribution >= 0.6 is 11.3 Å². The molecule has 0 aliphatic heterocycles. The van der Waals surface area contributed by atoms with E-state index in [1.54, 1.807) is 14.2 Å². The lowest BCUT2D eigenvalue weighted by Crippen LogP contribution is -2.25. The molecular weight excluding hydrogens is 372 g/mol. The molecule has 0 saturated carbocycles. The number of hydrogen-bond acceptors (Lipinski definition) is 5. The molecule has 6 heteroatoms. The van der Waals surface area contributed by atoms with E-state index in [9.17, 15) is 4.79 Å². The summed E-state index contributed by atoms with van der Waals surface area (Å²) in [5.41, 5.74) is 3.04. The third-order valence-electron chi connectivity index (χ3n) is 4.39. The minimum absolute atomic E-state index is 0.0743. The molecule has 5 nitrogen and oxygen atoms in total. The Morgan fingerprint density at radius 2 is 1.79 bits per heavy atom. The van der Waals surface area contributed by atoms with E-state index in [1.165, 1.54) is 16.9 Å². The number of nitrogens with zero attached hydrogens (tertiary/aromatic N) is 1. The molecule has 0 radical (unpaired) electrons. The number of carbonyl (C=O) groups is 1. The van der Waals surface area contributed by atoms with Crippen molar-refractivity contribution in [2.24, 2.45) is 0 Å². The zero-order valence-corrected chi connectivity index (χ0v) is 17.1. The molecule has 146 valence electrons. The van der Waals surface area contributed by atoms with E-state index >= 15 is 0 Å². The van der Waals surface area contributed by atoms with Gasteiger partial charge in [-0.25, -0.2) is 4.98 Å². The molecule has 1 N–H and O–H groups in total. The van der Waals surface area contributed by atoms with Crippen molar-refractivity contribution in [2.75, 3.05) is 20.8 Å². The quantitative estimate of drug-likeness (QED) is 0.624. The fraction of sp³-hybridized carbons (Fsp3) is 0.273. The predicted molar refractivity (Wildman–Crippen MR) is 112 cm³/mol. The van der Waals surface area contributed by atoms with Gasteiger partial charge in [0.25, 0.3) is 5.91 Å².